The molecule has 0 atom stereocenters. The van der Waals surface area contributed by atoms with Crippen LogP contribution in [-0.4, -0.2) is 39.2 Å². The number of hydrogen-bond donors (Lipinski definition) is 1. The van der Waals surface area contributed by atoms with Crippen molar-refractivity contribution in [3.63, 3.8) is 0 Å². The lowest BCUT2D eigenvalue weighted by Crippen LogP contribution is -3.12. The summed E-state index contributed by atoms with van der Waals surface area (Å²) < 4.78 is 11.9. The summed E-state index contributed by atoms with van der Waals surface area (Å²) >= 11 is 3.50. The number of morpholine rings is 1. The number of allylic oxidation sites excluding steroid dienone is 1. The molecule has 1 aliphatic heterocycles. The van der Waals surface area contributed by atoms with Gasteiger partial charge >= 0.3 is 0 Å². The molecule has 0 saturated carbocycles. The number of ketones is 1. The van der Waals surface area contributed by atoms with Crippen molar-refractivity contribution in [1.82, 2.24) is 0 Å². The van der Waals surface area contributed by atoms with Crippen molar-refractivity contribution < 1.29 is 19.2 Å². The highest BCUT2D eigenvalue weighted by atomic mass is 79.9. The zero-order valence-corrected chi connectivity index (χ0v) is 16.4. The predicted molar refractivity (Wildman–Crippen MR) is 106 cm³/mol. The van der Waals surface area contributed by atoms with Gasteiger partial charge in [-0.25, -0.2) is 0 Å². The number of quaternary nitrogens is 1. The van der Waals surface area contributed by atoms with Gasteiger partial charge in [0, 0.05) is 15.6 Å². The lowest BCUT2D eigenvalue weighted by molar-refractivity contribution is -0.921. The molecule has 0 bridgehead atoms. The van der Waals surface area contributed by atoms with Crippen LogP contribution in [0.2, 0.25) is 0 Å². The van der Waals surface area contributed by atoms with Gasteiger partial charge < -0.3 is 14.4 Å². The zero-order chi connectivity index (χ0) is 18.4. The van der Waals surface area contributed by atoms with Crippen LogP contribution in [0, 0.1) is 0 Å². The summed E-state index contributed by atoms with van der Waals surface area (Å²) in [6, 6.07) is 13.5. The van der Waals surface area contributed by atoms with Gasteiger partial charge in [0.15, 0.2) is 5.78 Å². The van der Waals surface area contributed by atoms with Crippen molar-refractivity contribution in [1.29, 1.82) is 0 Å². The van der Waals surface area contributed by atoms with E-state index in [0.717, 1.165) is 54.2 Å². The van der Waals surface area contributed by atoms with Gasteiger partial charge in [0.1, 0.15) is 25.4 Å². The lowest BCUT2D eigenvalue weighted by atomic mass is 10.0. The first-order chi connectivity index (χ1) is 12.7. The number of methoxy groups -OCH3 is 1. The Morgan fingerprint density at radius 3 is 2.73 bits per heavy atom. The molecule has 3 rings (SSSR count). The van der Waals surface area contributed by atoms with Gasteiger partial charge in [-0.3, -0.25) is 4.79 Å². The van der Waals surface area contributed by atoms with Crippen molar-refractivity contribution in [2.75, 3.05) is 33.4 Å². The topological polar surface area (TPSA) is 40.0 Å². The molecule has 0 amide bonds. The van der Waals surface area contributed by atoms with Gasteiger partial charge in [-0.15, -0.1) is 0 Å². The molecule has 1 N–H and O–H groups in total. The van der Waals surface area contributed by atoms with E-state index in [9.17, 15) is 4.79 Å². The van der Waals surface area contributed by atoms with Gasteiger partial charge in [-0.2, -0.15) is 0 Å². The smallest absolute Gasteiger partial charge is 0.185 e. The Balaban J connectivity index is 1.77. The van der Waals surface area contributed by atoms with Crippen molar-refractivity contribution in [3.8, 4) is 5.75 Å². The van der Waals surface area contributed by atoms with E-state index < -0.39 is 0 Å². The normalized spacial score (nSPS) is 15.3. The van der Waals surface area contributed by atoms with Gasteiger partial charge in [0.25, 0.3) is 0 Å². The number of halogens is 1. The van der Waals surface area contributed by atoms with E-state index in [4.69, 9.17) is 9.47 Å². The summed E-state index contributed by atoms with van der Waals surface area (Å²) in [5.41, 5.74) is 2.72. The maximum atomic E-state index is 12.6. The van der Waals surface area contributed by atoms with Gasteiger partial charge in [0.2, 0.25) is 0 Å². The highest BCUT2D eigenvalue weighted by Gasteiger charge is 2.17. The molecule has 1 heterocycles. The highest BCUT2D eigenvalue weighted by Crippen LogP contribution is 2.21. The standard InChI is InChI=1S/C21H22BrNO3/c1-25-21-9-7-17(14-18(21)15-23-10-12-26-13-11-23)20(24)8-6-16-4-2-3-5-19(16)22/h2-9,14H,10-13,15H2,1H3/p+1/b8-6+. The Morgan fingerprint density at radius 1 is 1.23 bits per heavy atom. The number of nitrogens with one attached hydrogen (secondary N) is 1. The SMILES string of the molecule is COc1ccc(C(=O)/C=C/c2ccccc2Br)cc1C[NH+]1CCOCC1. The molecule has 0 aliphatic carbocycles. The number of ether oxygens (including phenoxy) is 2. The maximum Gasteiger partial charge on any atom is 0.185 e. The highest BCUT2D eigenvalue weighted by molar-refractivity contribution is 9.10. The van der Waals surface area contributed by atoms with E-state index in [1.165, 1.54) is 4.90 Å². The minimum atomic E-state index is -0.0124. The average Bonchev–Trinajstić information content (AvgIpc) is 2.68. The number of benzene rings is 2. The fraction of sp³-hybridized carbons (Fsp3) is 0.286. The maximum absolute atomic E-state index is 12.6. The van der Waals surface area contributed by atoms with Crippen LogP contribution in [0.3, 0.4) is 0 Å². The van der Waals surface area contributed by atoms with Crippen molar-refractivity contribution >= 4 is 27.8 Å². The van der Waals surface area contributed by atoms with Crippen molar-refractivity contribution in [2.45, 2.75) is 6.54 Å². The van der Waals surface area contributed by atoms with E-state index >= 15 is 0 Å². The predicted octanol–water partition coefficient (Wildman–Crippen LogP) is 2.77. The first-order valence-electron chi connectivity index (χ1n) is 8.72. The summed E-state index contributed by atoms with van der Waals surface area (Å²) in [5.74, 6) is 0.817. The quantitative estimate of drug-likeness (QED) is 0.581. The summed E-state index contributed by atoms with van der Waals surface area (Å²) in [7, 11) is 1.67. The summed E-state index contributed by atoms with van der Waals surface area (Å²) in [5, 5.41) is 0. The fourth-order valence-corrected chi connectivity index (χ4v) is 3.47. The minimum Gasteiger partial charge on any atom is -0.496 e. The molecule has 26 heavy (non-hydrogen) atoms. The van der Waals surface area contributed by atoms with E-state index in [0.29, 0.717) is 5.56 Å². The summed E-state index contributed by atoms with van der Waals surface area (Å²) in [6.45, 7) is 4.35. The fourth-order valence-electron chi connectivity index (χ4n) is 3.05. The second kappa shape index (κ2) is 9.12. The molecule has 5 heteroatoms. The Kier molecular flexibility index (Phi) is 6.61. The number of carbonyl (C=O) groups is 1. The molecule has 1 saturated heterocycles. The molecule has 136 valence electrons. The third-order valence-electron chi connectivity index (χ3n) is 4.52. The van der Waals surface area contributed by atoms with E-state index in [1.807, 2.05) is 48.5 Å². The van der Waals surface area contributed by atoms with Crippen LogP contribution in [0.15, 0.2) is 53.0 Å². The van der Waals surface area contributed by atoms with Crippen LogP contribution >= 0.6 is 15.9 Å². The van der Waals surface area contributed by atoms with Crippen LogP contribution in [-0.2, 0) is 11.3 Å². The monoisotopic (exact) mass is 416 g/mol. The molecule has 0 unspecified atom stereocenters. The molecule has 4 nitrogen and oxygen atoms in total. The Morgan fingerprint density at radius 2 is 2.00 bits per heavy atom. The Bertz CT molecular complexity index is 798. The third kappa shape index (κ3) is 4.81. The Labute approximate surface area is 162 Å². The van der Waals surface area contributed by atoms with Gasteiger partial charge in [-0.1, -0.05) is 34.1 Å². The minimum absolute atomic E-state index is 0.0124. The number of rotatable bonds is 6. The molecular formula is C21H23BrNO3+. The molecule has 0 spiro atoms. The summed E-state index contributed by atoms with van der Waals surface area (Å²) in [4.78, 5) is 14.1. The van der Waals surface area contributed by atoms with Crippen LogP contribution in [0.1, 0.15) is 21.5 Å². The Hall–Kier alpha value is -1.95. The molecule has 1 aliphatic rings. The number of carbonyl (C=O) groups excluding carboxylic acids is 1. The van der Waals surface area contributed by atoms with Crippen LogP contribution in [0.5, 0.6) is 5.75 Å². The second-order valence-electron chi connectivity index (χ2n) is 6.28. The van der Waals surface area contributed by atoms with Crippen molar-refractivity contribution in [3.05, 3.63) is 69.7 Å². The zero-order valence-electron chi connectivity index (χ0n) is 14.8. The molecule has 0 aromatic heterocycles. The van der Waals surface area contributed by atoms with Crippen LogP contribution in [0.4, 0.5) is 0 Å². The third-order valence-corrected chi connectivity index (χ3v) is 5.25. The first-order valence-corrected chi connectivity index (χ1v) is 9.52. The van der Waals surface area contributed by atoms with Gasteiger partial charge in [0.05, 0.1) is 20.3 Å². The molecule has 1 fully saturated rings. The van der Waals surface area contributed by atoms with E-state index in [2.05, 4.69) is 15.9 Å². The largest absolute Gasteiger partial charge is 0.496 e. The van der Waals surface area contributed by atoms with Crippen LogP contribution in [0.25, 0.3) is 6.08 Å². The molecular weight excluding hydrogens is 394 g/mol. The summed E-state index contributed by atoms with van der Waals surface area (Å²) in [6.07, 6.45) is 3.46. The lowest BCUT2D eigenvalue weighted by Gasteiger charge is -2.24. The van der Waals surface area contributed by atoms with Crippen molar-refractivity contribution in [2.24, 2.45) is 0 Å². The molecule has 2 aromatic rings. The van der Waals surface area contributed by atoms with E-state index in [1.54, 1.807) is 13.2 Å². The van der Waals surface area contributed by atoms with E-state index in [-0.39, 0.29) is 5.78 Å². The first kappa shape index (κ1) is 18.8. The number of hydrogen-bond acceptors (Lipinski definition) is 3. The average molecular weight is 417 g/mol. The molecule has 0 radical (unpaired) electrons. The van der Waals surface area contributed by atoms with Gasteiger partial charge in [-0.05, 0) is 42.0 Å². The molecule has 2 aromatic carbocycles. The van der Waals surface area contributed by atoms with Crippen LogP contribution < -0.4 is 9.64 Å². The second-order valence-corrected chi connectivity index (χ2v) is 7.14.